The van der Waals surface area contributed by atoms with Crippen LogP contribution < -0.4 is 27.0 Å². The van der Waals surface area contributed by atoms with E-state index in [2.05, 4.69) is 21.3 Å². The molecule has 0 aromatic carbocycles. The fourth-order valence-corrected chi connectivity index (χ4v) is 4.43. The molecule has 7 nitrogen and oxygen atoms in total. The van der Waals surface area contributed by atoms with Crippen LogP contribution in [0.4, 0.5) is 4.79 Å². The van der Waals surface area contributed by atoms with E-state index in [-0.39, 0.29) is 18.0 Å². The second kappa shape index (κ2) is 9.22. The van der Waals surface area contributed by atoms with E-state index >= 15 is 0 Å². The van der Waals surface area contributed by atoms with E-state index in [4.69, 9.17) is 5.73 Å². The third-order valence-electron chi connectivity index (χ3n) is 4.06. The van der Waals surface area contributed by atoms with Crippen molar-refractivity contribution in [2.75, 3.05) is 31.9 Å². The van der Waals surface area contributed by atoms with Crippen LogP contribution in [0.15, 0.2) is 0 Å². The van der Waals surface area contributed by atoms with Gasteiger partial charge in [-0.25, -0.2) is 4.79 Å². The lowest BCUT2D eigenvalue weighted by molar-refractivity contribution is -0.118. The molecule has 22 heavy (non-hydrogen) atoms. The maximum Gasteiger partial charge on any atom is 0.315 e. The highest BCUT2D eigenvalue weighted by Crippen LogP contribution is 2.33. The van der Waals surface area contributed by atoms with Crippen LogP contribution in [-0.4, -0.2) is 61.2 Å². The summed E-state index contributed by atoms with van der Waals surface area (Å²) >= 11 is 1.90. The molecule has 0 unspecified atom stereocenters. The summed E-state index contributed by atoms with van der Waals surface area (Å²) in [6, 6.07) is 0.516. The monoisotopic (exact) mass is 329 g/mol. The van der Waals surface area contributed by atoms with Gasteiger partial charge in [-0.15, -0.1) is 0 Å². The van der Waals surface area contributed by atoms with Gasteiger partial charge in [0.05, 0.1) is 12.1 Å². The number of rotatable bonds is 5. The molecule has 3 amide bonds. The van der Waals surface area contributed by atoms with Gasteiger partial charge < -0.3 is 27.0 Å². The number of hydrogen-bond acceptors (Lipinski definition) is 5. The Morgan fingerprint density at radius 2 is 1.82 bits per heavy atom. The average molecular weight is 329 g/mol. The SMILES string of the molecule is C1CNCCN1.NC(=O)CCCC[C@@H]1SC[C@@H]2NC(=O)N[C@@H]21. The summed E-state index contributed by atoms with van der Waals surface area (Å²) in [5.74, 6) is 0.761. The topological polar surface area (TPSA) is 108 Å². The van der Waals surface area contributed by atoms with Crippen LogP contribution in [0.25, 0.3) is 0 Å². The number of primary amides is 1. The molecule has 0 saturated carbocycles. The summed E-state index contributed by atoms with van der Waals surface area (Å²) < 4.78 is 0. The van der Waals surface area contributed by atoms with Crippen molar-refractivity contribution in [2.24, 2.45) is 5.73 Å². The molecule has 3 heterocycles. The van der Waals surface area contributed by atoms with E-state index in [1.165, 1.54) is 0 Å². The average Bonchev–Trinajstić information content (AvgIpc) is 3.05. The lowest BCUT2D eigenvalue weighted by atomic mass is 10.0. The number of nitrogens with two attached hydrogens (primary N) is 1. The highest BCUT2D eigenvalue weighted by Gasteiger charge is 2.42. The van der Waals surface area contributed by atoms with Gasteiger partial charge in [-0.3, -0.25) is 4.79 Å². The summed E-state index contributed by atoms with van der Waals surface area (Å²) in [5, 5.41) is 12.8. The number of unbranched alkanes of at least 4 members (excludes halogenated alkanes) is 1. The summed E-state index contributed by atoms with van der Waals surface area (Å²) in [4.78, 5) is 21.7. The number of nitrogens with one attached hydrogen (secondary N) is 4. The molecule has 0 aromatic heterocycles. The highest BCUT2D eigenvalue weighted by atomic mass is 32.2. The first-order chi connectivity index (χ1) is 10.7. The molecule has 8 heteroatoms. The number of amides is 3. The molecule has 3 saturated heterocycles. The fraction of sp³-hybridized carbons (Fsp3) is 0.857. The molecule has 3 aliphatic heterocycles. The van der Waals surface area contributed by atoms with Crippen molar-refractivity contribution in [2.45, 2.75) is 43.0 Å². The first kappa shape index (κ1) is 17.4. The summed E-state index contributed by atoms with van der Waals surface area (Å²) in [5.41, 5.74) is 5.08. The molecule has 3 atom stereocenters. The standard InChI is InChI=1S/C10H17N3O2S.C4H10N2/c11-8(14)4-2-1-3-7-9-6(5-16-7)12-10(15)13-9;1-2-6-4-3-5-1/h6-7,9H,1-5H2,(H2,11,14)(H2,12,13,15);5-6H,1-4H2/t6-,7-,9-;/m0./s1. The molecule has 3 fully saturated rings. The van der Waals surface area contributed by atoms with Gasteiger partial charge in [-0.1, -0.05) is 6.42 Å². The Morgan fingerprint density at radius 1 is 1.14 bits per heavy atom. The van der Waals surface area contributed by atoms with Crippen LogP contribution in [0.5, 0.6) is 0 Å². The van der Waals surface area contributed by atoms with Crippen LogP contribution in [0.1, 0.15) is 25.7 Å². The Labute approximate surface area is 135 Å². The second-order valence-electron chi connectivity index (χ2n) is 5.83. The Morgan fingerprint density at radius 3 is 2.41 bits per heavy atom. The zero-order valence-electron chi connectivity index (χ0n) is 12.9. The van der Waals surface area contributed by atoms with E-state index in [9.17, 15) is 9.59 Å². The molecule has 126 valence electrons. The zero-order valence-corrected chi connectivity index (χ0v) is 13.7. The predicted octanol–water partition coefficient (Wildman–Crippen LogP) is -0.623. The lowest BCUT2D eigenvalue weighted by Crippen LogP contribution is -2.39. The van der Waals surface area contributed by atoms with Crippen molar-refractivity contribution in [3.05, 3.63) is 0 Å². The Bertz CT molecular complexity index is 367. The fourth-order valence-electron chi connectivity index (χ4n) is 2.89. The van der Waals surface area contributed by atoms with Gasteiger partial charge in [0.15, 0.2) is 0 Å². The van der Waals surface area contributed by atoms with Crippen molar-refractivity contribution in [3.63, 3.8) is 0 Å². The first-order valence-corrected chi connectivity index (χ1v) is 9.10. The van der Waals surface area contributed by atoms with Crippen LogP contribution >= 0.6 is 11.8 Å². The van der Waals surface area contributed by atoms with Gasteiger partial charge in [-0.2, -0.15) is 11.8 Å². The van der Waals surface area contributed by atoms with Gasteiger partial charge in [0.1, 0.15) is 0 Å². The molecule has 0 radical (unpaired) electrons. The van der Waals surface area contributed by atoms with Gasteiger partial charge in [0.2, 0.25) is 5.91 Å². The van der Waals surface area contributed by atoms with Crippen molar-refractivity contribution in [3.8, 4) is 0 Å². The van der Waals surface area contributed by atoms with Gasteiger partial charge in [0, 0.05) is 43.6 Å². The Kier molecular flexibility index (Phi) is 7.28. The largest absolute Gasteiger partial charge is 0.370 e. The summed E-state index contributed by atoms with van der Waals surface area (Å²) in [7, 11) is 0. The zero-order chi connectivity index (χ0) is 15.8. The lowest BCUT2D eigenvalue weighted by Gasteiger charge is -2.16. The number of thioether (sulfide) groups is 1. The maximum absolute atomic E-state index is 11.1. The van der Waals surface area contributed by atoms with Gasteiger partial charge >= 0.3 is 6.03 Å². The maximum atomic E-state index is 11.1. The van der Waals surface area contributed by atoms with E-state index in [1.807, 2.05) is 11.8 Å². The molecule has 6 N–H and O–H groups in total. The third-order valence-corrected chi connectivity index (χ3v) is 5.57. The van der Waals surface area contributed by atoms with Crippen molar-refractivity contribution < 1.29 is 9.59 Å². The van der Waals surface area contributed by atoms with Crippen LogP contribution in [0.3, 0.4) is 0 Å². The van der Waals surface area contributed by atoms with Gasteiger partial charge in [0.25, 0.3) is 0 Å². The van der Waals surface area contributed by atoms with E-state index < -0.39 is 0 Å². The van der Waals surface area contributed by atoms with E-state index in [0.717, 1.165) is 51.2 Å². The van der Waals surface area contributed by atoms with Crippen molar-refractivity contribution in [1.82, 2.24) is 21.3 Å². The molecular weight excluding hydrogens is 302 g/mol. The van der Waals surface area contributed by atoms with Crippen LogP contribution in [0, 0.1) is 0 Å². The number of carbonyl (C=O) groups excluding carboxylic acids is 2. The number of urea groups is 1. The van der Waals surface area contributed by atoms with Gasteiger partial charge in [-0.05, 0) is 12.8 Å². The highest BCUT2D eigenvalue weighted by molar-refractivity contribution is 8.00. The number of fused-ring (bicyclic) bond motifs is 1. The Hall–Kier alpha value is -0.990. The second-order valence-corrected chi connectivity index (χ2v) is 7.11. The normalized spacial score (nSPS) is 29.8. The quantitative estimate of drug-likeness (QED) is 0.341. The molecule has 0 aromatic rings. The van der Waals surface area contributed by atoms with E-state index in [0.29, 0.717) is 17.7 Å². The van der Waals surface area contributed by atoms with Crippen molar-refractivity contribution >= 4 is 23.7 Å². The smallest absolute Gasteiger partial charge is 0.315 e. The molecular formula is C14H27N5O2S. The van der Waals surface area contributed by atoms with E-state index in [1.54, 1.807) is 0 Å². The molecule has 0 bridgehead atoms. The van der Waals surface area contributed by atoms with Crippen LogP contribution in [0.2, 0.25) is 0 Å². The predicted molar refractivity (Wildman–Crippen MR) is 88.9 cm³/mol. The summed E-state index contributed by atoms with van der Waals surface area (Å²) in [6.45, 7) is 4.56. The molecule has 0 spiro atoms. The molecule has 0 aliphatic carbocycles. The Balaban J connectivity index is 0.000000246. The molecule has 3 rings (SSSR count). The number of hydrogen-bond donors (Lipinski definition) is 5. The summed E-state index contributed by atoms with van der Waals surface area (Å²) in [6.07, 6.45) is 3.36. The minimum absolute atomic E-state index is 0.0440. The number of carbonyl (C=O) groups is 2. The third kappa shape index (κ3) is 5.66. The number of piperazine rings is 1. The first-order valence-electron chi connectivity index (χ1n) is 8.05. The van der Waals surface area contributed by atoms with Crippen LogP contribution in [-0.2, 0) is 4.79 Å². The van der Waals surface area contributed by atoms with Crippen molar-refractivity contribution in [1.29, 1.82) is 0 Å². The minimum Gasteiger partial charge on any atom is -0.370 e. The minimum atomic E-state index is -0.229. The molecule has 3 aliphatic rings.